The highest BCUT2D eigenvalue weighted by atomic mass is 16.3. The van der Waals surface area contributed by atoms with Crippen LogP contribution in [-0.2, 0) is 6.42 Å². The van der Waals surface area contributed by atoms with E-state index in [9.17, 15) is 0 Å². The monoisotopic (exact) mass is 504 g/mol. The molecule has 0 saturated heterocycles. The van der Waals surface area contributed by atoms with Crippen molar-refractivity contribution in [2.24, 2.45) is 5.92 Å². The summed E-state index contributed by atoms with van der Waals surface area (Å²) in [5.41, 5.74) is 10.4. The number of aryl methyl sites for hydroxylation is 1. The number of para-hydroxylation sites is 2. The fourth-order valence-electron chi connectivity index (χ4n) is 7.35. The van der Waals surface area contributed by atoms with Crippen LogP contribution in [0.2, 0.25) is 0 Å². The SMILES string of the molecule is Cc1ccc(-c2ccc3c(c2)c2c4oc5c(CC6CCCC6)cccc5c4cc4c5ccccc5n3c42)nc1. The van der Waals surface area contributed by atoms with Crippen molar-refractivity contribution in [1.29, 1.82) is 0 Å². The lowest BCUT2D eigenvalue weighted by atomic mass is 9.96. The van der Waals surface area contributed by atoms with Crippen molar-refractivity contribution in [3.05, 3.63) is 96.2 Å². The van der Waals surface area contributed by atoms with E-state index >= 15 is 0 Å². The van der Waals surface area contributed by atoms with Gasteiger partial charge in [0.2, 0.25) is 0 Å². The maximum Gasteiger partial charge on any atom is 0.145 e. The molecule has 1 aliphatic rings. The van der Waals surface area contributed by atoms with Crippen molar-refractivity contribution in [2.45, 2.75) is 39.0 Å². The van der Waals surface area contributed by atoms with Gasteiger partial charge >= 0.3 is 0 Å². The standard InChI is InChI=1S/C36H28N2O/c1-21-13-15-30(37-20-21)23-14-16-32-29(18-23)33-34-27(25-10-4-5-12-31(25)38(32)34)19-28-26-11-6-9-24(35(26)39-36(28)33)17-22-7-2-3-8-22/h4-6,9-16,18-20,22H,2-3,7-8,17H2,1H3. The van der Waals surface area contributed by atoms with Crippen LogP contribution in [0.5, 0.6) is 0 Å². The summed E-state index contributed by atoms with van der Waals surface area (Å²) >= 11 is 0. The lowest BCUT2D eigenvalue weighted by Crippen LogP contribution is -1.98. The first-order valence-electron chi connectivity index (χ1n) is 14.2. The lowest BCUT2D eigenvalue weighted by molar-refractivity contribution is 0.542. The van der Waals surface area contributed by atoms with Crippen LogP contribution in [-0.4, -0.2) is 9.38 Å². The Bertz CT molecular complexity index is 2210. The lowest BCUT2D eigenvalue weighted by Gasteiger charge is -2.08. The third kappa shape index (κ3) is 2.96. The summed E-state index contributed by atoms with van der Waals surface area (Å²) in [6.07, 6.45) is 8.46. The second-order valence-electron chi connectivity index (χ2n) is 11.6. The molecule has 3 nitrogen and oxygen atoms in total. The molecule has 0 N–H and O–H groups in total. The summed E-state index contributed by atoms with van der Waals surface area (Å²) in [6.45, 7) is 2.08. The highest BCUT2D eigenvalue weighted by Crippen LogP contribution is 2.46. The molecule has 1 fully saturated rings. The Hall–Kier alpha value is -4.37. The van der Waals surface area contributed by atoms with Crippen LogP contribution in [0.4, 0.5) is 0 Å². The Morgan fingerprint density at radius 3 is 2.49 bits per heavy atom. The zero-order valence-electron chi connectivity index (χ0n) is 22.0. The number of pyridine rings is 1. The highest BCUT2D eigenvalue weighted by molar-refractivity contribution is 6.33. The summed E-state index contributed by atoms with van der Waals surface area (Å²) in [4.78, 5) is 4.74. The van der Waals surface area contributed by atoms with Crippen molar-refractivity contribution >= 4 is 60.0 Å². The second kappa shape index (κ2) is 7.83. The fourth-order valence-corrected chi connectivity index (χ4v) is 7.35. The normalized spacial score (nSPS) is 14.9. The minimum atomic E-state index is 0.775. The third-order valence-corrected chi connectivity index (χ3v) is 9.20. The average Bonchev–Trinajstić information content (AvgIpc) is 3.74. The molecule has 0 unspecified atom stereocenters. The molecule has 0 amide bonds. The van der Waals surface area contributed by atoms with E-state index in [1.165, 1.54) is 85.7 Å². The predicted octanol–water partition coefficient (Wildman–Crippen LogP) is 9.84. The van der Waals surface area contributed by atoms with E-state index in [4.69, 9.17) is 9.40 Å². The van der Waals surface area contributed by atoms with E-state index in [1.807, 2.05) is 6.20 Å². The molecular formula is C36H28N2O. The van der Waals surface area contributed by atoms with Gasteiger partial charge in [-0.15, -0.1) is 0 Å². The molecule has 3 heteroatoms. The van der Waals surface area contributed by atoms with Crippen molar-refractivity contribution in [1.82, 2.24) is 9.38 Å². The summed E-state index contributed by atoms with van der Waals surface area (Å²) in [6, 6.07) is 29.0. The van der Waals surface area contributed by atoms with E-state index in [2.05, 4.69) is 90.2 Å². The maximum absolute atomic E-state index is 6.94. The number of hydrogen-bond acceptors (Lipinski definition) is 2. The summed E-state index contributed by atoms with van der Waals surface area (Å²) < 4.78 is 9.38. The van der Waals surface area contributed by atoms with Crippen LogP contribution in [0.25, 0.3) is 71.3 Å². The number of aromatic nitrogens is 2. The van der Waals surface area contributed by atoms with Gasteiger partial charge in [0.05, 0.1) is 27.6 Å². The molecule has 8 aromatic rings. The molecule has 0 atom stereocenters. The van der Waals surface area contributed by atoms with Gasteiger partial charge in [-0.1, -0.05) is 74.2 Å². The Balaban J connectivity index is 1.42. The first-order valence-corrected chi connectivity index (χ1v) is 14.2. The number of furan rings is 1. The van der Waals surface area contributed by atoms with E-state index in [0.29, 0.717) is 0 Å². The molecule has 1 aliphatic carbocycles. The average molecular weight is 505 g/mol. The molecule has 0 bridgehead atoms. The van der Waals surface area contributed by atoms with Gasteiger partial charge in [0.1, 0.15) is 11.2 Å². The van der Waals surface area contributed by atoms with Crippen LogP contribution in [0.15, 0.2) is 89.5 Å². The maximum atomic E-state index is 6.94. The largest absolute Gasteiger partial charge is 0.455 e. The van der Waals surface area contributed by atoms with E-state index < -0.39 is 0 Å². The first kappa shape index (κ1) is 21.6. The molecule has 0 spiro atoms. The number of benzene rings is 4. The Morgan fingerprint density at radius 2 is 1.62 bits per heavy atom. The second-order valence-corrected chi connectivity index (χ2v) is 11.6. The smallest absolute Gasteiger partial charge is 0.145 e. The molecule has 1 saturated carbocycles. The summed E-state index contributed by atoms with van der Waals surface area (Å²) in [5, 5.41) is 7.48. The molecule has 9 rings (SSSR count). The quantitative estimate of drug-likeness (QED) is 0.240. The number of rotatable bonds is 3. The summed E-state index contributed by atoms with van der Waals surface area (Å²) in [5.74, 6) is 0.775. The van der Waals surface area contributed by atoms with Crippen molar-refractivity contribution in [2.75, 3.05) is 0 Å². The van der Waals surface area contributed by atoms with Gasteiger partial charge in [0.15, 0.2) is 0 Å². The van der Waals surface area contributed by atoms with Gasteiger partial charge in [-0.2, -0.15) is 0 Å². The first-order chi connectivity index (χ1) is 19.2. The van der Waals surface area contributed by atoms with Gasteiger partial charge in [0.25, 0.3) is 0 Å². The van der Waals surface area contributed by atoms with Crippen LogP contribution < -0.4 is 0 Å². The Labute approximate surface area is 226 Å². The molecule has 0 radical (unpaired) electrons. The van der Waals surface area contributed by atoms with Gasteiger partial charge in [-0.05, 0) is 60.7 Å². The molecule has 0 aliphatic heterocycles. The van der Waals surface area contributed by atoms with Crippen molar-refractivity contribution in [3.8, 4) is 11.3 Å². The van der Waals surface area contributed by atoms with Crippen LogP contribution in [0.3, 0.4) is 0 Å². The predicted molar refractivity (Wildman–Crippen MR) is 162 cm³/mol. The number of fused-ring (bicyclic) bond motifs is 10. The van der Waals surface area contributed by atoms with E-state index in [0.717, 1.165) is 34.8 Å². The van der Waals surface area contributed by atoms with Gasteiger partial charge in [-0.25, -0.2) is 0 Å². The number of hydrogen-bond donors (Lipinski definition) is 0. The Morgan fingerprint density at radius 1 is 0.769 bits per heavy atom. The van der Waals surface area contributed by atoms with Gasteiger partial charge in [-0.3, -0.25) is 4.98 Å². The minimum Gasteiger partial charge on any atom is -0.455 e. The van der Waals surface area contributed by atoms with Crippen molar-refractivity contribution < 1.29 is 4.42 Å². The van der Waals surface area contributed by atoms with Crippen LogP contribution in [0.1, 0.15) is 36.8 Å². The molecule has 4 heterocycles. The van der Waals surface area contributed by atoms with E-state index in [-0.39, 0.29) is 0 Å². The fraction of sp³-hybridized carbons (Fsp3) is 0.194. The molecular weight excluding hydrogens is 476 g/mol. The van der Waals surface area contributed by atoms with Gasteiger partial charge < -0.3 is 8.82 Å². The highest BCUT2D eigenvalue weighted by Gasteiger charge is 2.24. The van der Waals surface area contributed by atoms with E-state index in [1.54, 1.807) is 0 Å². The third-order valence-electron chi connectivity index (χ3n) is 9.20. The summed E-state index contributed by atoms with van der Waals surface area (Å²) in [7, 11) is 0. The molecule has 39 heavy (non-hydrogen) atoms. The van der Waals surface area contributed by atoms with Crippen LogP contribution >= 0.6 is 0 Å². The topological polar surface area (TPSA) is 30.4 Å². The molecule has 188 valence electrons. The zero-order valence-corrected chi connectivity index (χ0v) is 22.0. The molecule has 4 aromatic carbocycles. The van der Waals surface area contributed by atoms with Gasteiger partial charge in [0, 0.05) is 38.7 Å². The molecule has 4 aromatic heterocycles. The Kier molecular flexibility index (Phi) is 4.33. The van der Waals surface area contributed by atoms with Crippen molar-refractivity contribution in [3.63, 3.8) is 0 Å². The van der Waals surface area contributed by atoms with Crippen LogP contribution in [0, 0.1) is 12.8 Å². The zero-order chi connectivity index (χ0) is 25.7. The minimum absolute atomic E-state index is 0.775. The number of nitrogens with zero attached hydrogens (tertiary/aromatic N) is 2.